The molecule has 0 saturated heterocycles. The number of fused-ring (bicyclic) bond motifs is 2. The Balaban J connectivity index is 1.61. The number of benzene rings is 2. The molecule has 0 aliphatic rings. The highest BCUT2D eigenvalue weighted by Crippen LogP contribution is 2.29. The Morgan fingerprint density at radius 3 is 2.63 bits per heavy atom. The van der Waals surface area contributed by atoms with Gasteiger partial charge in [-0.3, -0.25) is 13.9 Å². The maximum absolute atomic E-state index is 12.6. The van der Waals surface area contributed by atoms with Crippen LogP contribution in [0, 0.1) is 0 Å². The van der Waals surface area contributed by atoms with Crippen LogP contribution in [0.1, 0.15) is 6.92 Å². The van der Waals surface area contributed by atoms with E-state index in [2.05, 4.69) is 10.3 Å². The Hall–Kier alpha value is -3.13. The van der Waals surface area contributed by atoms with Crippen LogP contribution in [0.25, 0.3) is 21.3 Å². The van der Waals surface area contributed by atoms with E-state index in [1.54, 1.807) is 11.7 Å². The summed E-state index contributed by atoms with van der Waals surface area (Å²) in [7, 11) is 1.61. The molecule has 0 spiro atoms. The number of thiazole rings is 1. The Labute approximate surface area is 158 Å². The van der Waals surface area contributed by atoms with Gasteiger partial charge in [-0.05, 0) is 37.3 Å². The monoisotopic (exact) mass is 382 g/mol. The molecule has 0 unspecified atom stereocenters. The summed E-state index contributed by atoms with van der Waals surface area (Å²) >= 11 is 1.37. The summed E-state index contributed by atoms with van der Waals surface area (Å²) in [6.07, 6.45) is 0. The van der Waals surface area contributed by atoms with Crippen molar-refractivity contribution in [2.24, 2.45) is 0 Å². The molecule has 4 aromatic rings. The predicted octanol–water partition coefficient (Wildman–Crippen LogP) is 3.08. The number of carbonyl (C=O) groups is 1. The lowest BCUT2D eigenvalue weighted by Gasteiger charge is -2.03. The van der Waals surface area contributed by atoms with Crippen LogP contribution in [0.3, 0.4) is 0 Å². The zero-order chi connectivity index (χ0) is 19.0. The molecule has 2 aromatic heterocycles. The van der Waals surface area contributed by atoms with Crippen LogP contribution in [0.15, 0.2) is 47.3 Å². The van der Waals surface area contributed by atoms with Crippen LogP contribution in [0.2, 0.25) is 0 Å². The second kappa shape index (κ2) is 6.88. The van der Waals surface area contributed by atoms with Crippen molar-refractivity contribution >= 4 is 43.6 Å². The fraction of sp³-hybridized carbons (Fsp3) is 0.211. The van der Waals surface area contributed by atoms with E-state index in [1.807, 2.05) is 49.4 Å². The highest BCUT2D eigenvalue weighted by Gasteiger charge is 2.15. The van der Waals surface area contributed by atoms with Crippen molar-refractivity contribution in [1.82, 2.24) is 14.1 Å². The molecule has 1 amide bonds. The van der Waals surface area contributed by atoms with Crippen molar-refractivity contribution < 1.29 is 9.53 Å². The minimum atomic E-state index is -0.290. The third-order valence-electron chi connectivity index (χ3n) is 4.39. The Morgan fingerprint density at radius 1 is 1.19 bits per heavy atom. The smallest absolute Gasteiger partial charge is 0.329 e. The summed E-state index contributed by atoms with van der Waals surface area (Å²) in [5, 5.41) is 3.29. The van der Waals surface area contributed by atoms with E-state index in [0.29, 0.717) is 11.7 Å². The van der Waals surface area contributed by atoms with Crippen molar-refractivity contribution in [2.75, 3.05) is 12.4 Å². The average Bonchev–Trinajstić information content (AvgIpc) is 3.19. The normalized spacial score (nSPS) is 11.2. The highest BCUT2D eigenvalue weighted by atomic mass is 32.1. The maximum atomic E-state index is 12.6. The number of hydrogen-bond donors (Lipinski definition) is 1. The zero-order valence-electron chi connectivity index (χ0n) is 14.9. The number of ether oxygens (including phenoxy) is 1. The van der Waals surface area contributed by atoms with Crippen LogP contribution in [-0.4, -0.2) is 27.1 Å². The van der Waals surface area contributed by atoms with Gasteiger partial charge >= 0.3 is 5.69 Å². The summed E-state index contributed by atoms with van der Waals surface area (Å²) in [5.41, 5.74) is 2.16. The van der Waals surface area contributed by atoms with E-state index in [0.717, 1.165) is 27.0 Å². The standard InChI is InChI=1S/C19H18N4O3S/c1-3-22-14-6-4-5-7-15(14)23(19(22)25)11-17(24)21-18-20-13-9-8-12(26-2)10-16(13)27-18/h4-10H,3,11H2,1-2H3,(H,20,21,24). The van der Waals surface area contributed by atoms with Crippen LogP contribution < -0.4 is 15.7 Å². The molecule has 0 radical (unpaired) electrons. The summed E-state index contributed by atoms with van der Waals surface area (Å²) in [6.45, 7) is 2.40. The van der Waals surface area contributed by atoms with Crippen LogP contribution in [0.5, 0.6) is 5.75 Å². The molecule has 0 atom stereocenters. The number of nitrogens with one attached hydrogen (secondary N) is 1. The van der Waals surface area contributed by atoms with E-state index >= 15 is 0 Å². The lowest BCUT2D eigenvalue weighted by Crippen LogP contribution is -2.29. The Bertz CT molecular complexity index is 1200. The van der Waals surface area contributed by atoms with Crippen molar-refractivity contribution in [2.45, 2.75) is 20.0 Å². The van der Waals surface area contributed by atoms with E-state index in [4.69, 9.17) is 4.74 Å². The van der Waals surface area contributed by atoms with E-state index in [9.17, 15) is 9.59 Å². The van der Waals surface area contributed by atoms with Crippen molar-refractivity contribution in [3.8, 4) is 5.75 Å². The van der Waals surface area contributed by atoms with Gasteiger partial charge in [-0.2, -0.15) is 0 Å². The third-order valence-corrected chi connectivity index (χ3v) is 5.32. The largest absolute Gasteiger partial charge is 0.497 e. The van der Waals surface area contributed by atoms with Gasteiger partial charge in [-0.1, -0.05) is 23.5 Å². The molecule has 0 aliphatic heterocycles. The topological polar surface area (TPSA) is 78.2 Å². The second-order valence-corrected chi connectivity index (χ2v) is 7.03. The first-order chi connectivity index (χ1) is 13.1. The SMILES string of the molecule is CCn1c(=O)n(CC(=O)Nc2nc3ccc(OC)cc3s2)c2ccccc21. The quantitative estimate of drug-likeness (QED) is 0.575. The van der Waals surface area contributed by atoms with Crippen molar-refractivity contribution in [1.29, 1.82) is 0 Å². The number of aryl methyl sites for hydroxylation is 1. The molecule has 2 aromatic carbocycles. The first-order valence-corrected chi connectivity index (χ1v) is 9.35. The summed E-state index contributed by atoms with van der Waals surface area (Å²) in [6, 6.07) is 13.0. The molecule has 2 heterocycles. The highest BCUT2D eigenvalue weighted by molar-refractivity contribution is 7.22. The molecule has 8 heteroatoms. The van der Waals surface area contributed by atoms with E-state index < -0.39 is 0 Å². The number of hydrogen-bond acceptors (Lipinski definition) is 5. The number of methoxy groups -OCH3 is 1. The number of amides is 1. The first-order valence-electron chi connectivity index (χ1n) is 8.53. The van der Waals surface area contributed by atoms with Crippen LogP contribution in [-0.2, 0) is 17.9 Å². The van der Waals surface area contributed by atoms with Gasteiger partial charge in [0.05, 0.1) is 28.4 Å². The molecule has 4 rings (SSSR count). The number of anilines is 1. The minimum absolute atomic E-state index is 0.0639. The third kappa shape index (κ3) is 3.08. The fourth-order valence-corrected chi connectivity index (χ4v) is 4.03. The van der Waals surface area contributed by atoms with Gasteiger partial charge < -0.3 is 10.1 Å². The summed E-state index contributed by atoms with van der Waals surface area (Å²) < 4.78 is 9.28. The van der Waals surface area contributed by atoms with Crippen LogP contribution in [0.4, 0.5) is 5.13 Å². The number of imidazole rings is 1. The molecular weight excluding hydrogens is 364 g/mol. The Kier molecular flexibility index (Phi) is 4.41. The van der Waals surface area contributed by atoms with Gasteiger partial charge in [0, 0.05) is 6.54 Å². The molecule has 27 heavy (non-hydrogen) atoms. The van der Waals surface area contributed by atoms with E-state index in [-0.39, 0.29) is 18.1 Å². The maximum Gasteiger partial charge on any atom is 0.329 e. The first kappa shape index (κ1) is 17.3. The molecule has 0 aliphatic carbocycles. The number of rotatable bonds is 5. The minimum Gasteiger partial charge on any atom is -0.497 e. The number of nitrogens with zero attached hydrogens (tertiary/aromatic N) is 3. The summed E-state index contributed by atoms with van der Waals surface area (Å²) in [5.74, 6) is 0.449. The summed E-state index contributed by atoms with van der Waals surface area (Å²) in [4.78, 5) is 29.6. The molecule has 138 valence electrons. The fourth-order valence-electron chi connectivity index (χ4n) is 3.12. The Morgan fingerprint density at radius 2 is 1.93 bits per heavy atom. The lowest BCUT2D eigenvalue weighted by molar-refractivity contribution is -0.116. The van der Waals surface area contributed by atoms with Gasteiger partial charge in [0.2, 0.25) is 5.91 Å². The van der Waals surface area contributed by atoms with Gasteiger partial charge in [0.15, 0.2) is 5.13 Å². The molecule has 0 fully saturated rings. The van der Waals surface area contributed by atoms with Gasteiger partial charge in [0.1, 0.15) is 12.3 Å². The van der Waals surface area contributed by atoms with Crippen molar-refractivity contribution in [3.05, 3.63) is 52.9 Å². The van der Waals surface area contributed by atoms with Gasteiger partial charge in [-0.25, -0.2) is 9.78 Å². The number of para-hydroxylation sites is 2. The molecule has 0 bridgehead atoms. The predicted molar refractivity (Wildman–Crippen MR) is 107 cm³/mol. The van der Waals surface area contributed by atoms with Gasteiger partial charge in [-0.15, -0.1) is 0 Å². The molecule has 0 saturated carbocycles. The molecular formula is C19H18N4O3S. The second-order valence-electron chi connectivity index (χ2n) is 6.00. The number of aromatic nitrogens is 3. The number of carbonyl (C=O) groups excluding carboxylic acids is 1. The zero-order valence-corrected chi connectivity index (χ0v) is 15.7. The van der Waals surface area contributed by atoms with E-state index in [1.165, 1.54) is 15.9 Å². The van der Waals surface area contributed by atoms with Crippen LogP contribution >= 0.6 is 11.3 Å². The lowest BCUT2D eigenvalue weighted by atomic mass is 10.3. The molecule has 7 nitrogen and oxygen atoms in total. The van der Waals surface area contributed by atoms with Crippen molar-refractivity contribution in [3.63, 3.8) is 0 Å². The average molecular weight is 382 g/mol. The molecule has 1 N–H and O–H groups in total. The van der Waals surface area contributed by atoms with Gasteiger partial charge in [0.25, 0.3) is 0 Å².